The Kier molecular flexibility index (Phi) is 4.30. The number of nitrogens with two attached hydrogens (primary N) is 1. The molecule has 110 valence electrons. The number of nitrogens with zero attached hydrogens (tertiary/aromatic N) is 1. The van der Waals surface area contributed by atoms with Crippen molar-refractivity contribution in [1.29, 1.82) is 0 Å². The fraction of sp³-hybridized carbons (Fsp3) is 0.667. The molecule has 1 aromatic carbocycles. The van der Waals surface area contributed by atoms with Crippen molar-refractivity contribution in [2.24, 2.45) is 17.6 Å². The Morgan fingerprint density at radius 3 is 2.70 bits per heavy atom. The molecule has 0 aromatic heterocycles. The van der Waals surface area contributed by atoms with Crippen LogP contribution in [0.5, 0.6) is 0 Å². The monoisotopic (exact) mass is 272 g/mol. The molecule has 20 heavy (non-hydrogen) atoms. The highest BCUT2D eigenvalue weighted by atomic mass is 15.1. The maximum atomic E-state index is 6.31. The van der Waals surface area contributed by atoms with Gasteiger partial charge in [-0.25, -0.2) is 0 Å². The van der Waals surface area contributed by atoms with Crippen molar-refractivity contribution in [2.45, 2.75) is 51.5 Å². The predicted molar refractivity (Wildman–Crippen MR) is 85.9 cm³/mol. The van der Waals surface area contributed by atoms with Gasteiger partial charge < -0.3 is 10.6 Å². The molecule has 1 saturated heterocycles. The van der Waals surface area contributed by atoms with Gasteiger partial charge in [-0.05, 0) is 42.7 Å². The van der Waals surface area contributed by atoms with Crippen molar-refractivity contribution >= 4 is 5.69 Å². The highest BCUT2D eigenvalue weighted by molar-refractivity contribution is 5.55. The summed E-state index contributed by atoms with van der Waals surface area (Å²) in [6, 6.07) is 8.95. The van der Waals surface area contributed by atoms with Gasteiger partial charge in [0.15, 0.2) is 0 Å². The van der Waals surface area contributed by atoms with Crippen LogP contribution in [-0.4, -0.2) is 13.1 Å². The van der Waals surface area contributed by atoms with Gasteiger partial charge in [0.05, 0.1) is 0 Å². The summed E-state index contributed by atoms with van der Waals surface area (Å²) in [6.45, 7) is 4.64. The lowest BCUT2D eigenvalue weighted by Crippen LogP contribution is -2.42. The smallest absolute Gasteiger partial charge is 0.0414 e. The number of anilines is 1. The van der Waals surface area contributed by atoms with Crippen molar-refractivity contribution in [2.75, 3.05) is 18.0 Å². The third-order valence-corrected chi connectivity index (χ3v) is 5.41. The molecule has 1 heterocycles. The molecule has 2 fully saturated rings. The maximum absolute atomic E-state index is 6.31. The highest BCUT2D eigenvalue weighted by Gasteiger charge is 2.31. The largest absolute Gasteiger partial charge is 0.371 e. The molecule has 2 N–H and O–H groups in total. The Bertz CT molecular complexity index is 443. The van der Waals surface area contributed by atoms with Crippen LogP contribution < -0.4 is 10.6 Å². The molecule has 1 saturated carbocycles. The first-order chi connectivity index (χ1) is 9.79. The zero-order valence-corrected chi connectivity index (χ0v) is 12.7. The van der Waals surface area contributed by atoms with E-state index >= 15 is 0 Å². The minimum absolute atomic E-state index is 0.176. The van der Waals surface area contributed by atoms with E-state index in [-0.39, 0.29) is 6.04 Å². The van der Waals surface area contributed by atoms with E-state index in [0.717, 1.165) is 18.3 Å². The Morgan fingerprint density at radius 2 is 1.90 bits per heavy atom. The maximum Gasteiger partial charge on any atom is 0.0414 e. The molecule has 0 spiro atoms. The van der Waals surface area contributed by atoms with Crippen molar-refractivity contribution < 1.29 is 0 Å². The Labute approximate surface area is 123 Å². The molecule has 1 aliphatic heterocycles. The van der Waals surface area contributed by atoms with E-state index in [0.29, 0.717) is 0 Å². The van der Waals surface area contributed by atoms with Gasteiger partial charge >= 0.3 is 0 Å². The van der Waals surface area contributed by atoms with Crippen molar-refractivity contribution in [3.05, 3.63) is 29.8 Å². The van der Waals surface area contributed by atoms with Crippen LogP contribution in [0.2, 0.25) is 0 Å². The first-order valence-electron chi connectivity index (χ1n) is 8.39. The summed E-state index contributed by atoms with van der Waals surface area (Å²) in [5.74, 6) is 1.91. The minimum atomic E-state index is 0.176. The number of fused-ring (bicyclic) bond motifs is 1. The first kappa shape index (κ1) is 13.9. The van der Waals surface area contributed by atoms with Crippen molar-refractivity contribution in [3.63, 3.8) is 0 Å². The highest BCUT2D eigenvalue weighted by Crippen LogP contribution is 2.38. The molecule has 2 aliphatic rings. The lowest BCUT2D eigenvalue weighted by molar-refractivity contribution is 0.202. The standard InChI is InChI=1S/C18H28N2/c1-2-17(19)16-9-5-6-10-18(16)20-12-11-14-7-3-4-8-15(14)13-20/h5-6,9-10,14-15,17H,2-4,7-8,11-13,19H2,1H3/t14?,15?,17-/m0/s1. The zero-order chi connectivity index (χ0) is 13.9. The van der Waals surface area contributed by atoms with Gasteiger partial charge in [0.25, 0.3) is 0 Å². The summed E-state index contributed by atoms with van der Waals surface area (Å²) in [5, 5.41) is 0. The Morgan fingerprint density at radius 1 is 1.15 bits per heavy atom. The molecular weight excluding hydrogens is 244 g/mol. The van der Waals surface area contributed by atoms with Crippen LogP contribution >= 0.6 is 0 Å². The average Bonchev–Trinajstić information content (AvgIpc) is 2.53. The topological polar surface area (TPSA) is 29.3 Å². The third kappa shape index (κ3) is 2.71. The summed E-state index contributed by atoms with van der Waals surface area (Å²) >= 11 is 0. The predicted octanol–water partition coefficient (Wildman–Crippen LogP) is 4.11. The third-order valence-electron chi connectivity index (χ3n) is 5.41. The number of piperidine rings is 1. The Hall–Kier alpha value is -1.02. The van der Waals surface area contributed by atoms with E-state index in [2.05, 4.69) is 36.1 Å². The molecule has 1 aliphatic carbocycles. The second-order valence-corrected chi connectivity index (χ2v) is 6.61. The van der Waals surface area contributed by atoms with Gasteiger partial charge in [0.1, 0.15) is 0 Å². The van der Waals surface area contributed by atoms with Gasteiger partial charge in [-0.1, -0.05) is 44.4 Å². The van der Waals surface area contributed by atoms with Crippen LogP contribution in [0.3, 0.4) is 0 Å². The normalized spacial score (nSPS) is 28.0. The Balaban J connectivity index is 1.79. The van der Waals surface area contributed by atoms with Gasteiger partial charge in [-0.3, -0.25) is 0 Å². The van der Waals surface area contributed by atoms with Crippen molar-refractivity contribution in [3.8, 4) is 0 Å². The zero-order valence-electron chi connectivity index (χ0n) is 12.7. The molecule has 2 unspecified atom stereocenters. The minimum Gasteiger partial charge on any atom is -0.371 e. The lowest BCUT2D eigenvalue weighted by atomic mass is 9.75. The summed E-state index contributed by atoms with van der Waals surface area (Å²) in [7, 11) is 0. The van der Waals surface area contributed by atoms with E-state index in [1.807, 2.05) is 0 Å². The van der Waals surface area contributed by atoms with E-state index in [1.165, 1.54) is 56.4 Å². The molecule has 3 atom stereocenters. The molecule has 0 amide bonds. The number of benzene rings is 1. The van der Waals surface area contributed by atoms with Crippen LogP contribution in [0.25, 0.3) is 0 Å². The van der Waals surface area contributed by atoms with Crippen LogP contribution in [-0.2, 0) is 0 Å². The summed E-state index contributed by atoms with van der Waals surface area (Å²) in [6.07, 6.45) is 8.18. The van der Waals surface area contributed by atoms with Crippen LogP contribution in [0.15, 0.2) is 24.3 Å². The van der Waals surface area contributed by atoms with Crippen molar-refractivity contribution in [1.82, 2.24) is 0 Å². The molecule has 2 nitrogen and oxygen atoms in total. The number of para-hydroxylation sites is 1. The van der Waals surface area contributed by atoms with E-state index in [4.69, 9.17) is 5.73 Å². The first-order valence-corrected chi connectivity index (χ1v) is 8.39. The SMILES string of the molecule is CC[C@H](N)c1ccccc1N1CCC2CCCCC2C1. The molecule has 0 radical (unpaired) electrons. The lowest BCUT2D eigenvalue weighted by Gasteiger charge is -2.43. The van der Waals surface area contributed by atoms with Crippen LogP contribution in [0.1, 0.15) is 57.1 Å². The average molecular weight is 272 g/mol. The van der Waals surface area contributed by atoms with Crippen LogP contribution in [0, 0.1) is 11.8 Å². The fourth-order valence-corrected chi connectivity index (χ4v) is 4.13. The molecule has 2 heteroatoms. The van der Waals surface area contributed by atoms with E-state index < -0.39 is 0 Å². The van der Waals surface area contributed by atoms with E-state index in [1.54, 1.807) is 0 Å². The van der Waals surface area contributed by atoms with Gasteiger partial charge in [0, 0.05) is 24.8 Å². The molecule has 0 bridgehead atoms. The fourth-order valence-electron chi connectivity index (χ4n) is 4.13. The molecular formula is C18H28N2. The number of hydrogen-bond donors (Lipinski definition) is 1. The second kappa shape index (κ2) is 6.17. The number of hydrogen-bond acceptors (Lipinski definition) is 2. The number of rotatable bonds is 3. The van der Waals surface area contributed by atoms with Crippen LogP contribution in [0.4, 0.5) is 5.69 Å². The second-order valence-electron chi connectivity index (χ2n) is 6.61. The van der Waals surface area contributed by atoms with E-state index in [9.17, 15) is 0 Å². The quantitative estimate of drug-likeness (QED) is 0.897. The molecule has 3 rings (SSSR count). The summed E-state index contributed by atoms with van der Waals surface area (Å²) in [5.41, 5.74) is 9.04. The van der Waals surface area contributed by atoms with Gasteiger partial charge in [-0.15, -0.1) is 0 Å². The molecule has 1 aromatic rings. The van der Waals surface area contributed by atoms with Gasteiger partial charge in [-0.2, -0.15) is 0 Å². The van der Waals surface area contributed by atoms with Gasteiger partial charge in [0.2, 0.25) is 0 Å². The summed E-state index contributed by atoms with van der Waals surface area (Å²) in [4.78, 5) is 2.61. The summed E-state index contributed by atoms with van der Waals surface area (Å²) < 4.78 is 0.